The van der Waals surface area contributed by atoms with Gasteiger partial charge < -0.3 is 0 Å². The van der Waals surface area contributed by atoms with Gasteiger partial charge in [0.25, 0.3) is 0 Å². The quantitative estimate of drug-likeness (QED) is 0.587. The van der Waals surface area contributed by atoms with Crippen LogP contribution in [0.5, 0.6) is 0 Å². The summed E-state index contributed by atoms with van der Waals surface area (Å²) >= 11 is 0. The Bertz CT molecular complexity index is 663. The van der Waals surface area contributed by atoms with Gasteiger partial charge in [-0.1, -0.05) is 0 Å². The summed E-state index contributed by atoms with van der Waals surface area (Å²) in [7, 11) is 0. The molecule has 0 nitrogen and oxygen atoms in total. The van der Waals surface area contributed by atoms with Crippen molar-refractivity contribution in [1.82, 2.24) is 0 Å². The summed E-state index contributed by atoms with van der Waals surface area (Å²) in [5.41, 5.74) is 1.11. The van der Waals surface area contributed by atoms with E-state index in [4.69, 9.17) is 0 Å². The van der Waals surface area contributed by atoms with Crippen LogP contribution in [0, 0.1) is 64.8 Å². The zero-order valence-corrected chi connectivity index (χ0v) is 13.5. The van der Waals surface area contributed by atoms with Gasteiger partial charge in [0.15, 0.2) is 0 Å². The molecule has 2 rings (SSSR count). The lowest BCUT2D eigenvalue weighted by Crippen LogP contribution is -2.07. The molecule has 2 aromatic rings. The number of hydrogen-bond donors (Lipinski definition) is 0. The Hall–Kier alpha value is -1.84. The van der Waals surface area contributed by atoms with Gasteiger partial charge in [0.2, 0.25) is 0 Å². The monoisotopic (exact) mass is 310 g/mol. The number of rotatable bonds is 1. The second-order valence-electron chi connectivity index (χ2n) is 5.76. The molecule has 0 atom stereocenters. The topological polar surface area (TPSA) is 0 Å². The van der Waals surface area contributed by atoms with Gasteiger partial charge in [0, 0.05) is 16.7 Å². The van der Waals surface area contributed by atoms with Crippen LogP contribution in [0.1, 0.15) is 33.4 Å². The largest absolute Gasteiger partial charge is 0.206 e. The number of benzene rings is 2. The van der Waals surface area contributed by atoms with Gasteiger partial charge in [-0.15, -0.1) is 0 Å². The highest BCUT2D eigenvalue weighted by Crippen LogP contribution is 2.38. The highest BCUT2D eigenvalue weighted by molar-refractivity contribution is 5.74. The van der Waals surface area contributed by atoms with Crippen molar-refractivity contribution in [1.29, 1.82) is 0 Å². The van der Waals surface area contributed by atoms with E-state index >= 15 is 0 Å². The van der Waals surface area contributed by atoms with E-state index in [1.165, 1.54) is 13.8 Å². The van der Waals surface area contributed by atoms with Crippen molar-refractivity contribution in [2.45, 2.75) is 41.5 Å². The third-order valence-electron chi connectivity index (χ3n) is 4.62. The van der Waals surface area contributed by atoms with Crippen molar-refractivity contribution >= 4 is 0 Å². The van der Waals surface area contributed by atoms with Crippen LogP contribution >= 0.6 is 0 Å². The number of halogens is 4. The Morgan fingerprint density at radius 1 is 0.364 bits per heavy atom. The van der Waals surface area contributed by atoms with Crippen molar-refractivity contribution in [3.05, 3.63) is 56.6 Å². The molecule has 0 aliphatic carbocycles. The Kier molecular flexibility index (Phi) is 4.07. The Morgan fingerprint density at radius 2 is 0.727 bits per heavy atom. The first-order chi connectivity index (χ1) is 10.1. The smallest absolute Gasteiger partial charge is 0.139 e. The minimum absolute atomic E-state index is 0.123. The third-order valence-corrected chi connectivity index (χ3v) is 4.62. The predicted molar refractivity (Wildman–Crippen MR) is 80.1 cm³/mol. The van der Waals surface area contributed by atoms with Crippen LogP contribution in [-0.4, -0.2) is 0 Å². The van der Waals surface area contributed by atoms with Crippen molar-refractivity contribution in [3.63, 3.8) is 0 Å². The molecule has 4 heteroatoms. The summed E-state index contributed by atoms with van der Waals surface area (Å²) in [6, 6.07) is 0. The van der Waals surface area contributed by atoms with E-state index < -0.39 is 28.8 Å². The molecule has 0 saturated heterocycles. The van der Waals surface area contributed by atoms with Gasteiger partial charge in [0.05, 0.1) is 5.56 Å². The third kappa shape index (κ3) is 2.13. The molecule has 22 heavy (non-hydrogen) atoms. The van der Waals surface area contributed by atoms with Crippen molar-refractivity contribution in [2.24, 2.45) is 0 Å². The van der Waals surface area contributed by atoms with Gasteiger partial charge >= 0.3 is 0 Å². The summed E-state index contributed by atoms with van der Waals surface area (Å²) in [5, 5.41) is 0. The van der Waals surface area contributed by atoms with Crippen LogP contribution in [0.3, 0.4) is 0 Å². The van der Waals surface area contributed by atoms with E-state index in [0.29, 0.717) is 11.1 Å². The van der Waals surface area contributed by atoms with E-state index in [1.54, 1.807) is 27.7 Å². The molecule has 0 saturated carbocycles. The number of hydrogen-bond acceptors (Lipinski definition) is 0. The van der Waals surface area contributed by atoms with Crippen LogP contribution in [-0.2, 0) is 0 Å². The van der Waals surface area contributed by atoms with Crippen LogP contribution in [0.4, 0.5) is 17.6 Å². The van der Waals surface area contributed by atoms with Gasteiger partial charge in [-0.3, -0.25) is 0 Å². The second-order valence-corrected chi connectivity index (χ2v) is 5.76. The van der Waals surface area contributed by atoms with E-state index in [9.17, 15) is 17.6 Å². The molecule has 0 N–H and O–H groups in total. The molecule has 0 aliphatic heterocycles. The summed E-state index contributed by atoms with van der Waals surface area (Å²) < 4.78 is 57.4. The van der Waals surface area contributed by atoms with Gasteiger partial charge in [-0.25, -0.2) is 17.6 Å². The lowest BCUT2D eigenvalue weighted by atomic mass is 9.88. The van der Waals surface area contributed by atoms with Gasteiger partial charge in [-0.05, 0) is 63.8 Å². The van der Waals surface area contributed by atoms with E-state index in [2.05, 4.69) is 0 Å². The van der Waals surface area contributed by atoms with E-state index in [-0.39, 0.29) is 16.7 Å². The molecule has 118 valence electrons. The molecule has 0 unspecified atom stereocenters. The maximum absolute atomic E-state index is 14.7. The molecular formula is C18H18F4. The van der Waals surface area contributed by atoms with Crippen molar-refractivity contribution < 1.29 is 17.6 Å². The first kappa shape index (κ1) is 16.5. The first-order valence-electron chi connectivity index (χ1n) is 7.01. The average molecular weight is 310 g/mol. The predicted octanol–water partition coefficient (Wildman–Crippen LogP) is 5.76. The van der Waals surface area contributed by atoms with Crippen LogP contribution in [0.2, 0.25) is 0 Å². The molecule has 0 radical (unpaired) electrons. The van der Waals surface area contributed by atoms with Crippen LogP contribution in [0.15, 0.2) is 0 Å². The molecule has 0 fully saturated rings. The minimum Gasteiger partial charge on any atom is -0.206 e. The maximum Gasteiger partial charge on any atom is 0.139 e. The first-order valence-corrected chi connectivity index (χ1v) is 7.01. The fourth-order valence-corrected chi connectivity index (χ4v) is 2.73. The molecule has 0 heterocycles. The van der Waals surface area contributed by atoms with Crippen molar-refractivity contribution in [2.75, 3.05) is 0 Å². The maximum atomic E-state index is 14.7. The highest BCUT2D eigenvalue weighted by atomic mass is 19.1. The summed E-state index contributed by atoms with van der Waals surface area (Å²) in [4.78, 5) is 0. The summed E-state index contributed by atoms with van der Waals surface area (Å²) in [6.07, 6.45) is 0. The summed E-state index contributed by atoms with van der Waals surface area (Å²) in [5.74, 6) is -3.70. The fraction of sp³-hybridized carbons (Fsp3) is 0.333. The Labute approximate surface area is 127 Å². The minimum atomic E-state index is -1.05. The van der Waals surface area contributed by atoms with E-state index in [0.717, 1.165) is 11.1 Å². The molecule has 0 aliphatic rings. The zero-order valence-electron chi connectivity index (χ0n) is 13.5. The van der Waals surface area contributed by atoms with Crippen LogP contribution in [0.25, 0.3) is 11.1 Å². The average Bonchev–Trinajstić information content (AvgIpc) is 2.50. The standard InChI is InChI=1S/C18H18F4/c1-7-8(2)10(4)16(20)13(9(7)3)14-17(21)11(5)15(19)12(6)18(14)22/h1-6H3. The fourth-order valence-electron chi connectivity index (χ4n) is 2.73. The van der Waals surface area contributed by atoms with Gasteiger partial charge in [-0.2, -0.15) is 0 Å². The Balaban J connectivity index is 3.03. The van der Waals surface area contributed by atoms with Crippen molar-refractivity contribution in [3.8, 4) is 11.1 Å². The molecule has 0 spiro atoms. The highest BCUT2D eigenvalue weighted by Gasteiger charge is 2.26. The van der Waals surface area contributed by atoms with Crippen LogP contribution < -0.4 is 0 Å². The van der Waals surface area contributed by atoms with E-state index in [1.807, 2.05) is 0 Å². The molecule has 0 aromatic heterocycles. The Morgan fingerprint density at radius 3 is 1.18 bits per heavy atom. The SMILES string of the molecule is Cc1c(C)c(C)c(-c2c(F)c(C)c(F)c(C)c2F)c(F)c1C. The summed E-state index contributed by atoms with van der Waals surface area (Å²) in [6.45, 7) is 9.17. The normalized spacial score (nSPS) is 11.2. The zero-order chi connectivity index (χ0) is 16.9. The molecule has 0 amide bonds. The molecular weight excluding hydrogens is 292 g/mol. The molecule has 0 bridgehead atoms. The molecule has 2 aromatic carbocycles. The lowest BCUT2D eigenvalue weighted by Gasteiger charge is -2.19. The second kappa shape index (κ2) is 5.41. The lowest BCUT2D eigenvalue weighted by molar-refractivity contribution is 0.523. The van der Waals surface area contributed by atoms with Gasteiger partial charge in [0.1, 0.15) is 23.3 Å².